The van der Waals surface area contributed by atoms with Gasteiger partial charge in [-0.2, -0.15) is 0 Å². The molecule has 0 amide bonds. The van der Waals surface area contributed by atoms with Crippen molar-refractivity contribution < 1.29 is 9.13 Å². The second kappa shape index (κ2) is 7.12. The fraction of sp³-hybridized carbons (Fsp3) is 0.176. The lowest BCUT2D eigenvalue weighted by molar-refractivity contribution is 0.299. The van der Waals surface area contributed by atoms with Gasteiger partial charge in [-0.3, -0.25) is 0 Å². The van der Waals surface area contributed by atoms with Gasteiger partial charge >= 0.3 is 0 Å². The molecule has 0 saturated carbocycles. The number of nitrogens with two attached hydrogens (primary N) is 1. The Bertz CT molecular complexity index is 704. The van der Waals surface area contributed by atoms with E-state index in [1.807, 2.05) is 25.1 Å². The molecule has 2 aromatic rings. The van der Waals surface area contributed by atoms with E-state index in [9.17, 15) is 4.39 Å². The normalized spacial score (nSPS) is 9.90. The van der Waals surface area contributed by atoms with Gasteiger partial charge < -0.3 is 10.5 Å². The molecule has 0 radical (unpaired) electrons. The zero-order chi connectivity index (χ0) is 15.2. The summed E-state index contributed by atoms with van der Waals surface area (Å²) in [5.74, 6) is 6.00. The molecule has 108 valence electrons. The van der Waals surface area contributed by atoms with Crippen LogP contribution in [0.2, 0.25) is 5.02 Å². The Kier molecular flexibility index (Phi) is 5.21. The maximum absolute atomic E-state index is 13.7. The molecule has 0 fully saturated rings. The number of hydrogen-bond donors (Lipinski definition) is 1. The van der Waals surface area contributed by atoms with E-state index in [0.29, 0.717) is 16.3 Å². The molecule has 0 aliphatic heterocycles. The van der Waals surface area contributed by atoms with E-state index in [-0.39, 0.29) is 19.0 Å². The maximum Gasteiger partial charge on any atom is 0.135 e. The smallest absolute Gasteiger partial charge is 0.135 e. The van der Waals surface area contributed by atoms with Crippen molar-refractivity contribution in [2.75, 3.05) is 6.54 Å². The molecule has 4 heteroatoms. The molecule has 2 aromatic carbocycles. The van der Waals surface area contributed by atoms with Crippen LogP contribution in [0.1, 0.15) is 16.7 Å². The molecule has 0 heterocycles. The van der Waals surface area contributed by atoms with E-state index in [4.69, 9.17) is 22.1 Å². The molecule has 0 aliphatic carbocycles. The van der Waals surface area contributed by atoms with Crippen LogP contribution < -0.4 is 10.5 Å². The average Bonchev–Trinajstić information content (AvgIpc) is 2.47. The molecule has 0 aliphatic rings. The summed E-state index contributed by atoms with van der Waals surface area (Å²) in [6, 6.07) is 10.0. The summed E-state index contributed by atoms with van der Waals surface area (Å²) in [5, 5.41) is 0.474. The summed E-state index contributed by atoms with van der Waals surface area (Å²) >= 11 is 5.86. The van der Waals surface area contributed by atoms with Crippen LogP contribution in [-0.4, -0.2) is 6.54 Å². The Hall–Kier alpha value is -2.02. The maximum atomic E-state index is 13.7. The minimum absolute atomic E-state index is 0.0900. The first-order valence-electron chi connectivity index (χ1n) is 6.46. The number of aryl methyl sites for hydroxylation is 1. The van der Waals surface area contributed by atoms with Gasteiger partial charge in [0.05, 0.1) is 12.1 Å². The Morgan fingerprint density at radius 1 is 1.24 bits per heavy atom. The van der Waals surface area contributed by atoms with Gasteiger partial charge in [0.1, 0.15) is 18.2 Å². The van der Waals surface area contributed by atoms with Crippen molar-refractivity contribution in [1.29, 1.82) is 0 Å². The summed E-state index contributed by atoms with van der Waals surface area (Å²) in [7, 11) is 0. The number of hydrogen-bond acceptors (Lipinski definition) is 2. The summed E-state index contributed by atoms with van der Waals surface area (Å²) in [6.45, 7) is 2.33. The van der Waals surface area contributed by atoms with Crippen molar-refractivity contribution in [1.82, 2.24) is 0 Å². The molecule has 0 saturated heterocycles. The topological polar surface area (TPSA) is 35.2 Å². The van der Waals surface area contributed by atoms with Crippen LogP contribution in [0.5, 0.6) is 5.75 Å². The van der Waals surface area contributed by atoms with E-state index in [1.165, 1.54) is 12.1 Å². The SMILES string of the molecule is Cc1ccc(OCc2cc(Cl)ccc2F)c(C#CCN)c1. The van der Waals surface area contributed by atoms with Gasteiger partial charge in [-0.25, -0.2) is 4.39 Å². The van der Waals surface area contributed by atoms with Crippen molar-refractivity contribution in [2.45, 2.75) is 13.5 Å². The highest BCUT2D eigenvalue weighted by Crippen LogP contribution is 2.22. The molecular weight excluding hydrogens is 289 g/mol. The van der Waals surface area contributed by atoms with Gasteiger partial charge in [-0.05, 0) is 42.8 Å². The Labute approximate surface area is 128 Å². The van der Waals surface area contributed by atoms with E-state index in [0.717, 1.165) is 11.1 Å². The van der Waals surface area contributed by atoms with Crippen LogP contribution in [0.15, 0.2) is 36.4 Å². The van der Waals surface area contributed by atoms with Crippen molar-refractivity contribution in [2.24, 2.45) is 5.73 Å². The molecular formula is C17H15ClFNO. The Balaban J connectivity index is 2.21. The summed E-state index contributed by atoms with van der Waals surface area (Å²) in [5.41, 5.74) is 7.60. The van der Waals surface area contributed by atoms with E-state index >= 15 is 0 Å². The van der Waals surface area contributed by atoms with Crippen LogP contribution in [0.4, 0.5) is 4.39 Å². The van der Waals surface area contributed by atoms with Crippen LogP contribution in [0, 0.1) is 24.6 Å². The van der Waals surface area contributed by atoms with Gasteiger partial charge in [0.25, 0.3) is 0 Å². The first kappa shape index (κ1) is 15.4. The summed E-state index contributed by atoms with van der Waals surface area (Å²) in [4.78, 5) is 0. The number of halogens is 2. The molecule has 0 unspecified atom stereocenters. The highest BCUT2D eigenvalue weighted by Gasteiger charge is 2.06. The molecule has 2 rings (SSSR count). The number of rotatable bonds is 3. The second-order valence-electron chi connectivity index (χ2n) is 4.53. The van der Waals surface area contributed by atoms with Crippen LogP contribution >= 0.6 is 11.6 Å². The first-order chi connectivity index (χ1) is 10.1. The third kappa shape index (κ3) is 4.22. The van der Waals surface area contributed by atoms with Gasteiger partial charge in [0.2, 0.25) is 0 Å². The highest BCUT2D eigenvalue weighted by molar-refractivity contribution is 6.30. The van der Waals surface area contributed by atoms with Crippen molar-refractivity contribution >= 4 is 11.6 Å². The zero-order valence-corrected chi connectivity index (χ0v) is 12.4. The molecule has 0 spiro atoms. The minimum Gasteiger partial charge on any atom is -0.487 e. The Morgan fingerprint density at radius 2 is 2.05 bits per heavy atom. The summed E-state index contributed by atoms with van der Waals surface area (Å²) < 4.78 is 19.3. The van der Waals surface area contributed by atoms with Gasteiger partial charge in [-0.15, -0.1) is 0 Å². The lowest BCUT2D eigenvalue weighted by Crippen LogP contribution is -2.00. The van der Waals surface area contributed by atoms with Gasteiger partial charge in [-0.1, -0.05) is 29.5 Å². The number of ether oxygens (including phenoxy) is 1. The molecule has 2 nitrogen and oxygen atoms in total. The average molecular weight is 304 g/mol. The standard InChI is InChI=1S/C17H15ClFNO/c1-12-4-7-17(13(9-12)3-2-8-20)21-11-14-10-15(18)5-6-16(14)19/h4-7,9-10H,8,11,20H2,1H3. The quantitative estimate of drug-likeness (QED) is 0.878. The summed E-state index contributed by atoms with van der Waals surface area (Å²) in [6.07, 6.45) is 0. The third-order valence-electron chi connectivity index (χ3n) is 2.85. The third-order valence-corrected chi connectivity index (χ3v) is 3.09. The monoisotopic (exact) mass is 303 g/mol. The van der Waals surface area contributed by atoms with Gasteiger partial charge in [0.15, 0.2) is 0 Å². The van der Waals surface area contributed by atoms with Crippen molar-refractivity contribution in [3.63, 3.8) is 0 Å². The second-order valence-corrected chi connectivity index (χ2v) is 4.97. The predicted molar refractivity (Wildman–Crippen MR) is 82.9 cm³/mol. The molecule has 0 aromatic heterocycles. The van der Waals surface area contributed by atoms with Crippen molar-refractivity contribution in [3.05, 3.63) is 63.9 Å². The van der Waals surface area contributed by atoms with Crippen LogP contribution in [-0.2, 0) is 6.61 Å². The van der Waals surface area contributed by atoms with Crippen LogP contribution in [0.3, 0.4) is 0 Å². The molecule has 2 N–H and O–H groups in total. The number of benzene rings is 2. The predicted octanol–water partition coefficient (Wildman–Crippen LogP) is 3.68. The minimum atomic E-state index is -0.346. The fourth-order valence-electron chi connectivity index (χ4n) is 1.82. The lowest BCUT2D eigenvalue weighted by atomic mass is 10.1. The molecule has 0 bridgehead atoms. The largest absolute Gasteiger partial charge is 0.487 e. The van der Waals surface area contributed by atoms with E-state index in [1.54, 1.807) is 6.07 Å². The van der Waals surface area contributed by atoms with E-state index in [2.05, 4.69) is 11.8 Å². The van der Waals surface area contributed by atoms with Gasteiger partial charge in [0, 0.05) is 10.6 Å². The van der Waals surface area contributed by atoms with Crippen molar-refractivity contribution in [3.8, 4) is 17.6 Å². The Morgan fingerprint density at radius 3 is 2.81 bits per heavy atom. The van der Waals surface area contributed by atoms with E-state index < -0.39 is 0 Å². The lowest BCUT2D eigenvalue weighted by Gasteiger charge is -2.10. The fourth-order valence-corrected chi connectivity index (χ4v) is 2.02. The first-order valence-corrected chi connectivity index (χ1v) is 6.84. The molecule has 0 atom stereocenters. The molecule has 21 heavy (non-hydrogen) atoms. The zero-order valence-electron chi connectivity index (χ0n) is 11.6. The van der Waals surface area contributed by atoms with Crippen LogP contribution in [0.25, 0.3) is 0 Å². The highest BCUT2D eigenvalue weighted by atomic mass is 35.5.